The summed E-state index contributed by atoms with van der Waals surface area (Å²) in [6.07, 6.45) is 1.87. The Bertz CT molecular complexity index is 397. The Morgan fingerprint density at radius 1 is 1.45 bits per heavy atom. The first-order chi connectivity index (χ1) is 9.28. The molecule has 0 aromatic heterocycles. The Morgan fingerprint density at radius 3 is 2.60 bits per heavy atom. The quantitative estimate of drug-likeness (QED) is 0.632. The number of allylic oxidation sites excluding steroid dienone is 1. The van der Waals surface area contributed by atoms with Gasteiger partial charge in [0.05, 0.1) is 19.3 Å². The van der Waals surface area contributed by atoms with Gasteiger partial charge in [-0.05, 0) is 40.5 Å². The van der Waals surface area contributed by atoms with Crippen molar-refractivity contribution >= 4 is 12.1 Å². The summed E-state index contributed by atoms with van der Waals surface area (Å²) in [7, 11) is 0. The number of rotatable bonds is 3. The first-order valence-corrected chi connectivity index (χ1v) is 6.79. The highest BCUT2D eigenvalue weighted by Gasteiger charge is 2.35. The van der Waals surface area contributed by atoms with Gasteiger partial charge in [-0.3, -0.25) is 4.90 Å². The lowest BCUT2D eigenvalue weighted by molar-refractivity contribution is -0.137. The third-order valence-corrected chi connectivity index (χ3v) is 2.78. The van der Waals surface area contributed by atoms with Crippen LogP contribution < -0.4 is 0 Å². The number of amides is 1. The van der Waals surface area contributed by atoms with Crippen molar-refractivity contribution in [1.29, 1.82) is 0 Å². The van der Waals surface area contributed by atoms with Gasteiger partial charge in [0.15, 0.2) is 0 Å². The third-order valence-electron chi connectivity index (χ3n) is 2.78. The first kappa shape index (κ1) is 16.5. The minimum absolute atomic E-state index is 0.167. The van der Waals surface area contributed by atoms with Gasteiger partial charge in [0.1, 0.15) is 5.60 Å². The van der Waals surface area contributed by atoms with Crippen molar-refractivity contribution < 1.29 is 24.2 Å². The molecule has 1 amide bonds. The molecule has 0 aliphatic carbocycles. The molecule has 0 unspecified atom stereocenters. The van der Waals surface area contributed by atoms with Gasteiger partial charge in [-0.15, -0.1) is 0 Å². The van der Waals surface area contributed by atoms with Crippen LogP contribution in [0.15, 0.2) is 11.8 Å². The highest BCUT2D eigenvalue weighted by atomic mass is 16.6. The van der Waals surface area contributed by atoms with Crippen LogP contribution in [-0.2, 0) is 14.3 Å². The van der Waals surface area contributed by atoms with Crippen molar-refractivity contribution in [1.82, 2.24) is 4.90 Å². The van der Waals surface area contributed by atoms with Crippen molar-refractivity contribution in [3.8, 4) is 0 Å². The number of hydrogen-bond donors (Lipinski definition) is 1. The van der Waals surface area contributed by atoms with Crippen molar-refractivity contribution in [2.45, 2.75) is 52.2 Å². The molecule has 0 spiro atoms. The summed E-state index contributed by atoms with van der Waals surface area (Å²) in [5.74, 6) is -0.491. The molecule has 0 radical (unpaired) electrons. The lowest BCUT2D eigenvalue weighted by atomic mass is 10.2. The predicted molar refractivity (Wildman–Crippen MR) is 72.9 cm³/mol. The Balaban J connectivity index is 2.90. The molecule has 1 aliphatic heterocycles. The van der Waals surface area contributed by atoms with Gasteiger partial charge in [0.25, 0.3) is 0 Å². The van der Waals surface area contributed by atoms with Crippen LogP contribution >= 0.6 is 0 Å². The van der Waals surface area contributed by atoms with Crippen LogP contribution in [-0.4, -0.2) is 46.9 Å². The van der Waals surface area contributed by atoms with E-state index in [1.54, 1.807) is 27.7 Å². The molecule has 6 heteroatoms. The van der Waals surface area contributed by atoms with Gasteiger partial charge >= 0.3 is 12.1 Å². The van der Waals surface area contributed by atoms with Crippen LogP contribution in [0.1, 0.15) is 40.5 Å². The average molecular weight is 285 g/mol. The lowest BCUT2D eigenvalue weighted by Gasteiger charge is -2.28. The number of aliphatic hydroxyl groups is 1. The molecule has 0 saturated carbocycles. The highest BCUT2D eigenvalue weighted by Crippen LogP contribution is 2.29. The highest BCUT2D eigenvalue weighted by molar-refractivity contribution is 5.84. The van der Waals surface area contributed by atoms with Crippen LogP contribution in [0.25, 0.3) is 0 Å². The number of aliphatic hydroxyl groups excluding tert-OH is 1. The van der Waals surface area contributed by atoms with Crippen molar-refractivity contribution in [2.75, 3.05) is 13.2 Å². The number of esters is 1. The number of nitrogens with zero attached hydrogens (tertiary/aromatic N) is 1. The van der Waals surface area contributed by atoms with E-state index in [-0.39, 0.29) is 19.3 Å². The summed E-state index contributed by atoms with van der Waals surface area (Å²) in [5, 5.41) is 9.35. The summed E-state index contributed by atoms with van der Waals surface area (Å²) >= 11 is 0. The number of carbonyl (C=O) groups is 2. The predicted octanol–water partition coefficient (Wildman–Crippen LogP) is 1.83. The summed E-state index contributed by atoms with van der Waals surface area (Å²) < 4.78 is 10.2. The second kappa shape index (κ2) is 6.74. The Kier molecular flexibility index (Phi) is 5.56. The molecular weight excluding hydrogens is 262 g/mol. The van der Waals surface area contributed by atoms with Gasteiger partial charge in [0, 0.05) is 11.8 Å². The smallest absolute Gasteiger partial charge is 0.414 e. The summed E-state index contributed by atoms with van der Waals surface area (Å²) in [6.45, 7) is 7.13. The van der Waals surface area contributed by atoms with E-state index in [0.29, 0.717) is 18.5 Å². The minimum Gasteiger partial charge on any atom is -0.463 e. The van der Waals surface area contributed by atoms with Gasteiger partial charge in [-0.1, -0.05) is 0 Å². The van der Waals surface area contributed by atoms with Crippen molar-refractivity contribution in [3.05, 3.63) is 11.8 Å². The van der Waals surface area contributed by atoms with Crippen LogP contribution in [0.3, 0.4) is 0 Å². The molecule has 20 heavy (non-hydrogen) atoms. The number of likely N-dealkylation sites (tertiary alicyclic amines) is 1. The second-order valence-corrected chi connectivity index (χ2v) is 5.61. The summed E-state index contributed by atoms with van der Waals surface area (Å²) in [6, 6.07) is -0.356. The molecule has 0 aromatic rings. The fourth-order valence-corrected chi connectivity index (χ4v) is 2.01. The maximum atomic E-state index is 12.2. The maximum absolute atomic E-state index is 12.2. The zero-order valence-corrected chi connectivity index (χ0v) is 12.5. The Morgan fingerprint density at radius 2 is 2.10 bits per heavy atom. The maximum Gasteiger partial charge on any atom is 0.414 e. The van der Waals surface area contributed by atoms with E-state index in [1.807, 2.05) is 0 Å². The second-order valence-electron chi connectivity index (χ2n) is 5.61. The fraction of sp³-hybridized carbons (Fsp3) is 0.714. The van der Waals surface area contributed by atoms with Crippen LogP contribution in [0.5, 0.6) is 0 Å². The molecular formula is C14H23NO5. The summed E-state index contributed by atoms with van der Waals surface area (Å²) in [4.78, 5) is 25.0. The van der Waals surface area contributed by atoms with E-state index in [2.05, 4.69) is 0 Å². The van der Waals surface area contributed by atoms with Crippen LogP contribution in [0, 0.1) is 0 Å². The summed E-state index contributed by atoms with van der Waals surface area (Å²) in [5.41, 5.74) is -0.105. The fourth-order valence-electron chi connectivity index (χ4n) is 2.01. The van der Waals surface area contributed by atoms with Gasteiger partial charge < -0.3 is 14.6 Å². The van der Waals surface area contributed by atoms with E-state index in [0.717, 1.165) is 0 Å². The molecule has 1 atom stereocenters. The van der Waals surface area contributed by atoms with Gasteiger partial charge in [0.2, 0.25) is 0 Å². The molecule has 0 bridgehead atoms. The standard InChI is InChI=1S/C14H23NO5/c1-5-19-12(17)8-10-6-7-11(9-16)15(10)13(18)20-14(2,3)4/h8,11,16H,5-7,9H2,1-4H3/b10-8+/t11-/m0/s1. The molecule has 1 aliphatic rings. The van der Waals surface area contributed by atoms with E-state index in [4.69, 9.17) is 9.47 Å². The van der Waals surface area contributed by atoms with Crippen molar-refractivity contribution in [2.24, 2.45) is 0 Å². The zero-order chi connectivity index (χ0) is 15.3. The number of carbonyl (C=O) groups excluding carboxylic acids is 2. The van der Waals surface area contributed by atoms with E-state index in [9.17, 15) is 14.7 Å². The first-order valence-electron chi connectivity index (χ1n) is 6.79. The molecule has 1 saturated heterocycles. The van der Waals surface area contributed by atoms with E-state index >= 15 is 0 Å². The van der Waals surface area contributed by atoms with Crippen molar-refractivity contribution in [3.63, 3.8) is 0 Å². The number of ether oxygens (including phenoxy) is 2. The largest absolute Gasteiger partial charge is 0.463 e. The molecule has 114 valence electrons. The van der Waals surface area contributed by atoms with Gasteiger partial charge in [-0.25, -0.2) is 9.59 Å². The van der Waals surface area contributed by atoms with E-state index < -0.39 is 17.7 Å². The monoisotopic (exact) mass is 285 g/mol. The van der Waals surface area contributed by atoms with Gasteiger partial charge in [-0.2, -0.15) is 0 Å². The SMILES string of the molecule is CCOC(=O)/C=C1\CC[C@@H](CO)N1C(=O)OC(C)(C)C. The topological polar surface area (TPSA) is 76.1 Å². The zero-order valence-electron chi connectivity index (χ0n) is 12.5. The molecule has 1 N–H and O–H groups in total. The minimum atomic E-state index is -0.630. The van der Waals surface area contributed by atoms with Crippen LogP contribution in [0.4, 0.5) is 4.79 Å². The Labute approximate surface area is 119 Å². The average Bonchev–Trinajstić information content (AvgIpc) is 2.69. The molecule has 1 heterocycles. The molecule has 1 fully saturated rings. The lowest BCUT2D eigenvalue weighted by Crippen LogP contribution is -2.40. The van der Waals surface area contributed by atoms with Crippen LogP contribution in [0.2, 0.25) is 0 Å². The molecule has 6 nitrogen and oxygen atoms in total. The molecule has 0 aromatic carbocycles. The normalized spacial score (nSPS) is 21.1. The molecule has 1 rings (SSSR count). The van der Waals surface area contributed by atoms with E-state index in [1.165, 1.54) is 11.0 Å². The number of hydrogen-bond acceptors (Lipinski definition) is 5. The Hall–Kier alpha value is -1.56. The third kappa shape index (κ3) is 4.52.